The molecule has 16 heavy (non-hydrogen) atoms. The SMILES string of the molecule is CCOc1cncc(-c2cncc(F)c2)n1. The predicted octanol–water partition coefficient (Wildman–Crippen LogP) is 2.08. The molecule has 5 heteroatoms. The van der Waals surface area contributed by atoms with Gasteiger partial charge >= 0.3 is 0 Å². The first-order chi connectivity index (χ1) is 7.79. The number of nitrogens with zero attached hydrogens (tertiary/aromatic N) is 3. The van der Waals surface area contributed by atoms with Gasteiger partial charge in [0.1, 0.15) is 5.82 Å². The van der Waals surface area contributed by atoms with E-state index in [-0.39, 0.29) is 0 Å². The first-order valence-electron chi connectivity index (χ1n) is 4.85. The Labute approximate surface area is 92.2 Å². The average Bonchev–Trinajstić information content (AvgIpc) is 2.30. The van der Waals surface area contributed by atoms with E-state index in [1.54, 1.807) is 6.20 Å². The number of hydrogen-bond donors (Lipinski definition) is 0. The molecule has 0 amide bonds. The first kappa shape index (κ1) is 10.5. The van der Waals surface area contributed by atoms with Crippen LogP contribution in [0.4, 0.5) is 4.39 Å². The number of aromatic nitrogens is 3. The second-order valence-electron chi connectivity index (χ2n) is 3.07. The van der Waals surface area contributed by atoms with E-state index in [2.05, 4.69) is 15.0 Å². The van der Waals surface area contributed by atoms with Gasteiger partial charge < -0.3 is 4.74 Å². The summed E-state index contributed by atoms with van der Waals surface area (Å²) in [6.45, 7) is 2.37. The lowest BCUT2D eigenvalue weighted by Gasteiger charge is -2.03. The van der Waals surface area contributed by atoms with Crippen molar-refractivity contribution >= 4 is 0 Å². The summed E-state index contributed by atoms with van der Waals surface area (Å²) in [6.07, 6.45) is 5.73. The van der Waals surface area contributed by atoms with Gasteiger partial charge in [-0.05, 0) is 13.0 Å². The molecular formula is C11H10FN3O. The maximum Gasteiger partial charge on any atom is 0.232 e. The second kappa shape index (κ2) is 4.65. The summed E-state index contributed by atoms with van der Waals surface area (Å²) >= 11 is 0. The standard InChI is InChI=1S/C11H10FN3O/c1-2-16-11-7-14-6-10(15-11)8-3-9(12)5-13-4-8/h3-7H,2H2,1H3. The van der Waals surface area contributed by atoms with Gasteiger partial charge in [0.05, 0.1) is 30.9 Å². The van der Waals surface area contributed by atoms with Gasteiger partial charge in [0.2, 0.25) is 5.88 Å². The van der Waals surface area contributed by atoms with Crippen molar-refractivity contribution in [1.29, 1.82) is 0 Å². The molecule has 0 N–H and O–H groups in total. The zero-order chi connectivity index (χ0) is 11.4. The van der Waals surface area contributed by atoms with Crippen LogP contribution in [-0.4, -0.2) is 21.6 Å². The minimum absolute atomic E-state index is 0.402. The van der Waals surface area contributed by atoms with Crippen molar-refractivity contribution < 1.29 is 9.13 Å². The molecule has 2 aromatic heterocycles. The van der Waals surface area contributed by atoms with Crippen molar-refractivity contribution in [2.75, 3.05) is 6.61 Å². The van der Waals surface area contributed by atoms with Crippen LogP contribution in [0.2, 0.25) is 0 Å². The maximum absolute atomic E-state index is 13.0. The Morgan fingerprint density at radius 3 is 2.75 bits per heavy atom. The molecule has 0 saturated heterocycles. The summed E-state index contributed by atoms with van der Waals surface area (Å²) in [5.74, 6) is 0.0189. The van der Waals surface area contributed by atoms with Crippen LogP contribution in [0.15, 0.2) is 30.9 Å². The Morgan fingerprint density at radius 2 is 2.00 bits per heavy atom. The van der Waals surface area contributed by atoms with Gasteiger partial charge in [-0.2, -0.15) is 0 Å². The minimum atomic E-state index is -0.402. The quantitative estimate of drug-likeness (QED) is 0.792. The third kappa shape index (κ3) is 2.31. The van der Waals surface area contributed by atoms with E-state index >= 15 is 0 Å². The van der Waals surface area contributed by atoms with Crippen LogP contribution in [0.25, 0.3) is 11.3 Å². The van der Waals surface area contributed by atoms with Crippen molar-refractivity contribution in [3.63, 3.8) is 0 Å². The van der Waals surface area contributed by atoms with Crippen LogP contribution < -0.4 is 4.74 Å². The molecule has 0 unspecified atom stereocenters. The van der Waals surface area contributed by atoms with E-state index in [4.69, 9.17) is 4.74 Å². The monoisotopic (exact) mass is 219 g/mol. The number of ether oxygens (including phenoxy) is 1. The van der Waals surface area contributed by atoms with Gasteiger partial charge in [-0.15, -0.1) is 0 Å². The topological polar surface area (TPSA) is 47.9 Å². The van der Waals surface area contributed by atoms with Crippen LogP contribution in [0.5, 0.6) is 5.88 Å². The van der Waals surface area contributed by atoms with Crippen LogP contribution in [0.3, 0.4) is 0 Å². The summed E-state index contributed by atoms with van der Waals surface area (Å²) in [6, 6.07) is 1.35. The van der Waals surface area contributed by atoms with E-state index in [9.17, 15) is 4.39 Å². The molecule has 0 aliphatic heterocycles. The molecule has 0 radical (unpaired) electrons. The molecule has 2 rings (SSSR count). The summed E-state index contributed by atoms with van der Waals surface area (Å²) in [7, 11) is 0. The van der Waals surface area contributed by atoms with E-state index in [0.29, 0.717) is 23.7 Å². The Morgan fingerprint density at radius 1 is 1.19 bits per heavy atom. The Bertz CT molecular complexity index is 490. The average molecular weight is 219 g/mol. The Balaban J connectivity index is 2.36. The fourth-order valence-electron chi connectivity index (χ4n) is 1.26. The number of rotatable bonds is 3. The molecule has 0 atom stereocenters. The molecule has 2 heterocycles. The van der Waals surface area contributed by atoms with Crippen molar-refractivity contribution in [1.82, 2.24) is 15.0 Å². The highest BCUT2D eigenvalue weighted by molar-refractivity contribution is 5.56. The second-order valence-corrected chi connectivity index (χ2v) is 3.07. The van der Waals surface area contributed by atoms with Gasteiger partial charge in [-0.25, -0.2) is 9.37 Å². The molecule has 0 spiro atoms. The molecule has 0 saturated carbocycles. The van der Waals surface area contributed by atoms with Gasteiger partial charge in [-0.1, -0.05) is 0 Å². The maximum atomic E-state index is 13.0. The summed E-state index contributed by atoms with van der Waals surface area (Å²) < 4.78 is 18.2. The van der Waals surface area contributed by atoms with Gasteiger partial charge in [0.15, 0.2) is 0 Å². The van der Waals surface area contributed by atoms with Crippen LogP contribution >= 0.6 is 0 Å². The first-order valence-corrected chi connectivity index (χ1v) is 4.85. The molecule has 2 aromatic rings. The van der Waals surface area contributed by atoms with Crippen LogP contribution in [0.1, 0.15) is 6.92 Å². The van der Waals surface area contributed by atoms with E-state index in [1.165, 1.54) is 18.5 Å². The Hall–Kier alpha value is -2.04. The lowest BCUT2D eigenvalue weighted by molar-refractivity contribution is 0.325. The summed E-state index contributed by atoms with van der Waals surface area (Å²) in [5.41, 5.74) is 1.12. The van der Waals surface area contributed by atoms with Crippen molar-refractivity contribution in [2.24, 2.45) is 0 Å². The fourth-order valence-corrected chi connectivity index (χ4v) is 1.26. The van der Waals surface area contributed by atoms with Crippen LogP contribution in [-0.2, 0) is 0 Å². The van der Waals surface area contributed by atoms with E-state index < -0.39 is 5.82 Å². The molecule has 0 fully saturated rings. The van der Waals surface area contributed by atoms with E-state index in [0.717, 1.165) is 6.20 Å². The zero-order valence-corrected chi connectivity index (χ0v) is 8.72. The number of hydrogen-bond acceptors (Lipinski definition) is 4. The van der Waals surface area contributed by atoms with Crippen LogP contribution in [0, 0.1) is 5.82 Å². The normalized spacial score (nSPS) is 10.1. The zero-order valence-electron chi connectivity index (χ0n) is 8.72. The Kier molecular flexibility index (Phi) is 3.05. The lowest BCUT2D eigenvalue weighted by Crippen LogP contribution is -1.96. The highest BCUT2D eigenvalue weighted by Gasteiger charge is 2.03. The smallest absolute Gasteiger partial charge is 0.232 e. The molecule has 0 aromatic carbocycles. The number of halogens is 1. The lowest BCUT2D eigenvalue weighted by atomic mass is 10.2. The molecular weight excluding hydrogens is 209 g/mol. The predicted molar refractivity (Wildman–Crippen MR) is 56.4 cm³/mol. The highest BCUT2D eigenvalue weighted by Crippen LogP contribution is 2.17. The summed E-state index contributed by atoms with van der Waals surface area (Å²) in [5, 5.41) is 0. The molecule has 82 valence electrons. The molecule has 0 aliphatic carbocycles. The largest absolute Gasteiger partial charge is 0.477 e. The molecule has 0 aliphatic rings. The minimum Gasteiger partial charge on any atom is -0.477 e. The van der Waals surface area contributed by atoms with Gasteiger partial charge in [-0.3, -0.25) is 9.97 Å². The van der Waals surface area contributed by atoms with Crippen molar-refractivity contribution in [2.45, 2.75) is 6.92 Å². The molecule has 4 nitrogen and oxygen atoms in total. The summed E-state index contributed by atoms with van der Waals surface area (Å²) in [4.78, 5) is 11.9. The highest BCUT2D eigenvalue weighted by atomic mass is 19.1. The van der Waals surface area contributed by atoms with Gasteiger partial charge in [0, 0.05) is 11.8 Å². The van der Waals surface area contributed by atoms with Crippen molar-refractivity contribution in [3.8, 4) is 17.1 Å². The number of pyridine rings is 1. The van der Waals surface area contributed by atoms with Gasteiger partial charge in [0.25, 0.3) is 0 Å². The van der Waals surface area contributed by atoms with E-state index in [1.807, 2.05) is 6.92 Å². The third-order valence-corrected chi connectivity index (χ3v) is 1.91. The molecule has 0 bridgehead atoms. The fraction of sp³-hybridized carbons (Fsp3) is 0.182. The third-order valence-electron chi connectivity index (χ3n) is 1.91. The van der Waals surface area contributed by atoms with Crippen molar-refractivity contribution in [3.05, 3.63) is 36.7 Å².